The SMILES string of the molecule is COc1ccc(S(=O)(=O)N2CCN(c3ccc([N+](=O)[O-])c(N[C@@H](C)c4ccccc4)c3)CC2)cc1OC. The number of nitrogens with one attached hydrogen (secondary N) is 1. The second kappa shape index (κ2) is 11.1. The number of hydrogen-bond acceptors (Lipinski definition) is 8. The molecule has 1 atom stereocenters. The first-order valence-corrected chi connectivity index (χ1v) is 13.3. The first-order chi connectivity index (χ1) is 17.7. The van der Waals surface area contributed by atoms with Crippen LogP contribution in [0.15, 0.2) is 71.6 Å². The summed E-state index contributed by atoms with van der Waals surface area (Å²) >= 11 is 0. The van der Waals surface area contributed by atoms with E-state index in [0.717, 1.165) is 11.3 Å². The molecule has 0 bridgehead atoms. The summed E-state index contributed by atoms with van der Waals surface area (Å²) in [6.07, 6.45) is 0. The second-order valence-electron chi connectivity index (χ2n) is 8.64. The van der Waals surface area contributed by atoms with Gasteiger partial charge < -0.3 is 19.7 Å². The fourth-order valence-electron chi connectivity index (χ4n) is 4.37. The molecule has 0 aromatic heterocycles. The monoisotopic (exact) mass is 526 g/mol. The summed E-state index contributed by atoms with van der Waals surface area (Å²) in [6, 6.07) is 19.0. The number of methoxy groups -OCH3 is 2. The van der Waals surface area contributed by atoms with Crippen molar-refractivity contribution in [2.24, 2.45) is 0 Å². The summed E-state index contributed by atoms with van der Waals surface area (Å²) in [7, 11) is -0.776. The van der Waals surface area contributed by atoms with E-state index in [1.807, 2.05) is 42.2 Å². The normalized spacial score (nSPS) is 15.2. The summed E-state index contributed by atoms with van der Waals surface area (Å²) in [5.41, 5.74) is 2.20. The number of hydrogen-bond donors (Lipinski definition) is 1. The van der Waals surface area contributed by atoms with Crippen LogP contribution in [0, 0.1) is 10.1 Å². The van der Waals surface area contributed by atoms with Crippen molar-refractivity contribution in [2.45, 2.75) is 17.9 Å². The molecule has 0 saturated carbocycles. The molecule has 0 spiro atoms. The predicted octanol–water partition coefficient (Wildman–Crippen LogP) is 4.30. The van der Waals surface area contributed by atoms with E-state index in [9.17, 15) is 18.5 Å². The van der Waals surface area contributed by atoms with Crippen molar-refractivity contribution in [2.75, 3.05) is 50.6 Å². The summed E-state index contributed by atoms with van der Waals surface area (Å²) < 4.78 is 38.4. The van der Waals surface area contributed by atoms with E-state index < -0.39 is 14.9 Å². The topological polar surface area (TPSA) is 114 Å². The van der Waals surface area contributed by atoms with Gasteiger partial charge in [0.15, 0.2) is 11.5 Å². The maximum atomic E-state index is 13.3. The van der Waals surface area contributed by atoms with Crippen LogP contribution in [0.3, 0.4) is 0 Å². The van der Waals surface area contributed by atoms with Gasteiger partial charge in [-0.05, 0) is 36.8 Å². The van der Waals surface area contributed by atoms with Crippen molar-refractivity contribution >= 4 is 27.1 Å². The van der Waals surface area contributed by atoms with Gasteiger partial charge in [0.2, 0.25) is 10.0 Å². The summed E-state index contributed by atoms with van der Waals surface area (Å²) in [5.74, 6) is 0.799. The number of nitro benzene ring substituents is 1. The Labute approximate surface area is 216 Å². The Hall–Kier alpha value is -3.83. The average molecular weight is 527 g/mol. The van der Waals surface area contributed by atoms with Gasteiger partial charge in [0, 0.05) is 50.0 Å². The predicted molar refractivity (Wildman–Crippen MR) is 142 cm³/mol. The van der Waals surface area contributed by atoms with Gasteiger partial charge in [0.05, 0.1) is 24.0 Å². The molecule has 11 heteroatoms. The van der Waals surface area contributed by atoms with Gasteiger partial charge in [-0.2, -0.15) is 4.31 Å². The van der Waals surface area contributed by atoms with Crippen LogP contribution in [-0.4, -0.2) is 58.0 Å². The van der Waals surface area contributed by atoms with Gasteiger partial charge in [-0.15, -0.1) is 0 Å². The van der Waals surface area contributed by atoms with Gasteiger partial charge in [0.1, 0.15) is 5.69 Å². The molecular formula is C26H30N4O6S. The number of benzene rings is 3. The number of piperazine rings is 1. The maximum Gasteiger partial charge on any atom is 0.292 e. The van der Waals surface area contributed by atoms with Crippen LogP contribution in [-0.2, 0) is 10.0 Å². The third-order valence-corrected chi connectivity index (χ3v) is 8.34. The zero-order valence-electron chi connectivity index (χ0n) is 21.0. The largest absolute Gasteiger partial charge is 0.493 e. The molecule has 3 aromatic carbocycles. The highest BCUT2D eigenvalue weighted by Gasteiger charge is 2.30. The summed E-state index contributed by atoms with van der Waals surface area (Å²) in [5, 5.41) is 14.9. The average Bonchev–Trinajstić information content (AvgIpc) is 2.93. The van der Waals surface area contributed by atoms with Crippen molar-refractivity contribution in [3.05, 3.63) is 82.4 Å². The van der Waals surface area contributed by atoms with Gasteiger partial charge in [-0.1, -0.05) is 30.3 Å². The smallest absolute Gasteiger partial charge is 0.292 e. The molecular weight excluding hydrogens is 496 g/mol. The van der Waals surface area contributed by atoms with Gasteiger partial charge in [-0.3, -0.25) is 10.1 Å². The number of rotatable bonds is 9. The Morgan fingerprint density at radius 3 is 2.22 bits per heavy atom. The van der Waals surface area contributed by atoms with Crippen LogP contribution in [0.25, 0.3) is 0 Å². The molecule has 4 rings (SSSR count). The highest BCUT2D eigenvalue weighted by atomic mass is 32.2. The van der Waals surface area contributed by atoms with Crippen molar-refractivity contribution in [3.63, 3.8) is 0 Å². The van der Waals surface area contributed by atoms with E-state index in [1.54, 1.807) is 18.2 Å². The minimum Gasteiger partial charge on any atom is -0.493 e. The second-order valence-corrected chi connectivity index (χ2v) is 10.6. The molecule has 37 heavy (non-hydrogen) atoms. The van der Waals surface area contributed by atoms with Gasteiger partial charge in [0.25, 0.3) is 5.69 Å². The fraction of sp³-hybridized carbons (Fsp3) is 0.308. The number of nitrogens with zero attached hydrogens (tertiary/aromatic N) is 3. The number of ether oxygens (including phenoxy) is 2. The van der Waals surface area contributed by atoms with Crippen molar-refractivity contribution < 1.29 is 22.8 Å². The highest BCUT2D eigenvalue weighted by molar-refractivity contribution is 7.89. The van der Waals surface area contributed by atoms with E-state index in [-0.39, 0.29) is 29.7 Å². The van der Waals surface area contributed by atoms with E-state index in [2.05, 4.69) is 5.32 Å². The van der Waals surface area contributed by atoms with Gasteiger partial charge in [-0.25, -0.2) is 8.42 Å². The molecule has 1 aliphatic heterocycles. The number of anilines is 2. The molecule has 0 radical (unpaired) electrons. The zero-order valence-corrected chi connectivity index (χ0v) is 21.8. The molecule has 0 amide bonds. The lowest BCUT2D eigenvalue weighted by molar-refractivity contribution is -0.384. The lowest BCUT2D eigenvalue weighted by Gasteiger charge is -2.35. The number of nitro groups is 1. The Kier molecular flexibility index (Phi) is 7.84. The van der Waals surface area contributed by atoms with Crippen LogP contribution < -0.4 is 19.7 Å². The highest BCUT2D eigenvalue weighted by Crippen LogP contribution is 2.34. The zero-order chi connectivity index (χ0) is 26.6. The quantitative estimate of drug-likeness (QED) is 0.324. The Morgan fingerprint density at radius 1 is 0.919 bits per heavy atom. The van der Waals surface area contributed by atoms with Crippen LogP contribution >= 0.6 is 0 Å². The molecule has 1 saturated heterocycles. The Bertz CT molecular complexity index is 1360. The molecule has 1 fully saturated rings. The molecule has 0 aliphatic carbocycles. The van der Waals surface area contributed by atoms with Crippen molar-refractivity contribution in [1.82, 2.24) is 4.31 Å². The van der Waals surface area contributed by atoms with Crippen molar-refractivity contribution in [3.8, 4) is 11.5 Å². The van der Waals surface area contributed by atoms with Gasteiger partial charge >= 0.3 is 0 Å². The molecule has 3 aromatic rings. The lowest BCUT2D eigenvalue weighted by atomic mass is 10.1. The molecule has 10 nitrogen and oxygen atoms in total. The fourth-order valence-corrected chi connectivity index (χ4v) is 5.80. The van der Waals surface area contributed by atoms with Crippen LogP contribution in [0.1, 0.15) is 18.5 Å². The first-order valence-electron chi connectivity index (χ1n) is 11.8. The van der Waals surface area contributed by atoms with Crippen LogP contribution in [0.4, 0.5) is 17.1 Å². The summed E-state index contributed by atoms with van der Waals surface area (Å²) in [4.78, 5) is 13.4. The Morgan fingerprint density at radius 2 is 1.59 bits per heavy atom. The number of sulfonamides is 1. The standard InChI is InChI=1S/C26H30N4O6S/c1-19(20-7-5-4-6-8-20)27-23-17-21(9-11-24(23)30(31)32)28-13-15-29(16-14-28)37(33,34)22-10-12-25(35-2)26(18-22)36-3/h4-12,17-19,27H,13-16H2,1-3H3/t19-/m0/s1. The lowest BCUT2D eigenvalue weighted by Crippen LogP contribution is -2.48. The third-order valence-electron chi connectivity index (χ3n) is 6.44. The van der Waals surface area contributed by atoms with E-state index in [4.69, 9.17) is 9.47 Å². The Balaban J connectivity index is 1.50. The minimum atomic E-state index is -3.73. The minimum absolute atomic E-state index is 0.0128. The molecule has 196 valence electrons. The molecule has 0 unspecified atom stereocenters. The molecule has 1 aliphatic rings. The molecule has 1 N–H and O–H groups in total. The molecule has 1 heterocycles. The third kappa shape index (κ3) is 5.62. The van der Waals surface area contributed by atoms with Crippen LogP contribution in [0.5, 0.6) is 11.5 Å². The van der Waals surface area contributed by atoms with E-state index in [0.29, 0.717) is 30.3 Å². The summed E-state index contributed by atoms with van der Waals surface area (Å²) in [6.45, 7) is 3.38. The first kappa shape index (κ1) is 26.2. The van der Waals surface area contributed by atoms with E-state index in [1.165, 1.54) is 36.7 Å². The maximum absolute atomic E-state index is 13.3. The van der Waals surface area contributed by atoms with Crippen molar-refractivity contribution in [1.29, 1.82) is 0 Å². The van der Waals surface area contributed by atoms with Crippen LogP contribution in [0.2, 0.25) is 0 Å². The van der Waals surface area contributed by atoms with E-state index >= 15 is 0 Å².